The molecular weight excluding hydrogens is 326 g/mol. The van der Waals surface area contributed by atoms with Crippen LogP contribution in [0.15, 0.2) is 52.5 Å². The molecule has 0 spiro atoms. The van der Waals surface area contributed by atoms with Gasteiger partial charge in [0.15, 0.2) is 5.16 Å². The molecule has 24 heavy (non-hydrogen) atoms. The molecule has 0 amide bonds. The molecule has 0 aliphatic rings. The highest BCUT2D eigenvalue weighted by Gasteiger charge is 2.15. The number of hydrogen-bond acceptors (Lipinski definition) is 6. The Morgan fingerprint density at radius 2 is 2.08 bits per heavy atom. The monoisotopic (exact) mass is 341 g/mol. The number of thioether (sulfide) groups is 1. The van der Waals surface area contributed by atoms with E-state index in [2.05, 4.69) is 14.7 Å². The number of aromatic nitrogens is 3. The minimum absolute atomic E-state index is 0.0626. The molecule has 1 aromatic carbocycles. The van der Waals surface area contributed by atoms with Gasteiger partial charge in [0.1, 0.15) is 5.82 Å². The van der Waals surface area contributed by atoms with E-state index >= 15 is 0 Å². The molecule has 3 aromatic rings. The van der Waals surface area contributed by atoms with E-state index in [0.717, 1.165) is 17.3 Å². The van der Waals surface area contributed by atoms with Crippen LogP contribution < -0.4 is 5.56 Å². The zero-order valence-corrected chi connectivity index (χ0v) is 14.0. The highest BCUT2D eigenvalue weighted by Crippen LogP contribution is 2.20. The summed E-state index contributed by atoms with van der Waals surface area (Å²) in [5.41, 5.74) is 1.34. The van der Waals surface area contributed by atoms with Gasteiger partial charge < -0.3 is 4.74 Å². The number of fused-ring (bicyclic) bond motifs is 1. The molecule has 7 heteroatoms. The average Bonchev–Trinajstić information content (AvgIpc) is 2.59. The van der Waals surface area contributed by atoms with Gasteiger partial charge in [0.2, 0.25) is 0 Å². The molecule has 0 bridgehead atoms. The van der Waals surface area contributed by atoms with Crippen molar-refractivity contribution >= 4 is 28.6 Å². The average molecular weight is 341 g/mol. The van der Waals surface area contributed by atoms with Crippen LogP contribution in [0.4, 0.5) is 0 Å². The van der Waals surface area contributed by atoms with E-state index in [1.54, 1.807) is 30.5 Å². The lowest BCUT2D eigenvalue weighted by atomic mass is 10.2. The van der Waals surface area contributed by atoms with Crippen LogP contribution in [0.5, 0.6) is 0 Å². The highest BCUT2D eigenvalue weighted by atomic mass is 32.2. The fraction of sp³-hybridized carbons (Fsp3) is 0.176. The van der Waals surface area contributed by atoms with Crippen molar-refractivity contribution < 1.29 is 9.53 Å². The molecule has 3 rings (SSSR count). The van der Waals surface area contributed by atoms with Crippen molar-refractivity contribution in [1.29, 1.82) is 0 Å². The maximum Gasteiger partial charge on any atom is 0.316 e. The van der Waals surface area contributed by atoms with Crippen LogP contribution >= 0.6 is 11.8 Å². The predicted molar refractivity (Wildman–Crippen MR) is 92.6 cm³/mol. The van der Waals surface area contributed by atoms with Gasteiger partial charge in [-0.3, -0.25) is 9.59 Å². The molecule has 0 aliphatic carbocycles. The number of carbonyl (C=O) groups excluding carboxylic acids is 1. The first-order valence-corrected chi connectivity index (χ1v) is 8.23. The molecule has 122 valence electrons. The molecule has 0 saturated heterocycles. The van der Waals surface area contributed by atoms with Gasteiger partial charge in [0.05, 0.1) is 23.8 Å². The molecule has 0 saturated carbocycles. The molecule has 0 fully saturated rings. The van der Waals surface area contributed by atoms with Gasteiger partial charge in [-0.25, -0.2) is 14.5 Å². The summed E-state index contributed by atoms with van der Waals surface area (Å²) in [6.45, 7) is 1.92. The number of methoxy groups -OCH3 is 1. The Morgan fingerprint density at radius 1 is 1.29 bits per heavy atom. The predicted octanol–water partition coefficient (Wildman–Crippen LogP) is 2.35. The Hall–Kier alpha value is -2.67. The topological polar surface area (TPSA) is 74.1 Å². The third kappa shape index (κ3) is 3.16. The van der Waals surface area contributed by atoms with E-state index < -0.39 is 0 Å². The first-order chi connectivity index (χ1) is 11.6. The minimum atomic E-state index is -0.383. The Balaban J connectivity index is 2.21. The standard InChI is InChI=1S/C17H15N3O3S/c1-11-7-8-18-14(9-11)20-16(22)12-5-3-4-6-13(12)19-17(20)24-10-15(21)23-2/h3-9H,10H2,1-2H3. The SMILES string of the molecule is COC(=O)CSc1nc2ccccc2c(=O)n1-c1cc(C)ccn1. The normalized spacial score (nSPS) is 10.8. The van der Waals surface area contributed by atoms with Crippen LogP contribution in [0.1, 0.15) is 5.56 Å². The van der Waals surface area contributed by atoms with Gasteiger partial charge in [-0.1, -0.05) is 23.9 Å². The van der Waals surface area contributed by atoms with Crippen LogP contribution in [0, 0.1) is 6.92 Å². The number of para-hydroxylation sites is 1. The Morgan fingerprint density at radius 3 is 2.83 bits per heavy atom. The number of nitrogens with zero attached hydrogens (tertiary/aromatic N) is 3. The van der Waals surface area contributed by atoms with E-state index in [4.69, 9.17) is 0 Å². The van der Waals surface area contributed by atoms with E-state index in [9.17, 15) is 9.59 Å². The van der Waals surface area contributed by atoms with Gasteiger partial charge in [-0.15, -0.1) is 0 Å². The molecule has 0 unspecified atom stereocenters. The van der Waals surface area contributed by atoms with Crippen molar-refractivity contribution in [2.24, 2.45) is 0 Å². The number of pyridine rings is 1. The summed E-state index contributed by atoms with van der Waals surface area (Å²) in [5.74, 6) is 0.157. The second-order valence-electron chi connectivity index (χ2n) is 5.11. The van der Waals surface area contributed by atoms with E-state index in [-0.39, 0.29) is 17.3 Å². The molecule has 6 nitrogen and oxygen atoms in total. The number of aryl methyl sites for hydroxylation is 1. The summed E-state index contributed by atoms with van der Waals surface area (Å²) in [5, 5.41) is 0.908. The molecule has 0 atom stereocenters. The number of hydrogen-bond donors (Lipinski definition) is 0. The Labute approximate surface area is 142 Å². The van der Waals surface area contributed by atoms with Crippen molar-refractivity contribution in [2.45, 2.75) is 12.1 Å². The zero-order chi connectivity index (χ0) is 17.1. The minimum Gasteiger partial charge on any atom is -0.468 e. The molecule has 0 aliphatic heterocycles. The molecular formula is C17H15N3O3S. The Kier molecular flexibility index (Phi) is 4.61. The molecule has 0 radical (unpaired) electrons. The molecule has 0 N–H and O–H groups in total. The van der Waals surface area contributed by atoms with Crippen molar-refractivity contribution in [3.8, 4) is 5.82 Å². The van der Waals surface area contributed by atoms with E-state index in [1.807, 2.05) is 19.1 Å². The first kappa shape index (κ1) is 16.2. The van der Waals surface area contributed by atoms with Gasteiger partial charge in [0, 0.05) is 6.20 Å². The fourth-order valence-electron chi connectivity index (χ4n) is 2.24. The third-order valence-corrected chi connectivity index (χ3v) is 4.33. The lowest BCUT2D eigenvalue weighted by Crippen LogP contribution is -2.23. The summed E-state index contributed by atoms with van der Waals surface area (Å²) >= 11 is 1.15. The van der Waals surface area contributed by atoms with Crippen LogP contribution in [-0.2, 0) is 9.53 Å². The van der Waals surface area contributed by atoms with Crippen LogP contribution in [-0.4, -0.2) is 33.4 Å². The molecule has 2 heterocycles. The maximum atomic E-state index is 12.9. The largest absolute Gasteiger partial charge is 0.468 e. The second-order valence-corrected chi connectivity index (χ2v) is 6.05. The smallest absolute Gasteiger partial charge is 0.316 e. The van der Waals surface area contributed by atoms with Crippen LogP contribution in [0.3, 0.4) is 0 Å². The van der Waals surface area contributed by atoms with E-state index in [1.165, 1.54) is 11.7 Å². The zero-order valence-electron chi connectivity index (χ0n) is 13.2. The van der Waals surface area contributed by atoms with Gasteiger partial charge in [-0.2, -0.15) is 0 Å². The fourth-order valence-corrected chi connectivity index (χ4v) is 3.07. The summed E-state index contributed by atoms with van der Waals surface area (Å²) < 4.78 is 6.10. The number of esters is 1. The van der Waals surface area contributed by atoms with E-state index in [0.29, 0.717) is 21.9 Å². The summed E-state index contributed by atoms with van der Waals surface area (Å²) in [6.07, 6.45) is 1.64. The first-order valence-electron chi connectivity index (χ1n) is 7.24. The van der Waals surface area contributed by atoms with Gasteiger partial charge >= 0.3 is 5.97 Å². The van der Waals surface area contributed by atoms with Gasteiger partial charge in [0.25, 0.3) is 5.56 Å². The second kappa shape index (κ2) is 6.84. The summed E-state index contributed by atoms with van der Waals surface area (Å²) in [6, 6.07) is 10.8. The third-order valence-electron chi connectivity index (χ3n) is 3.42. The molecule has 2 aromatic heterocycles. The number of benzene rings is 1. The van der Waals surface area contributed by atoms with Crippen molar-refractivity contribution in [3.63, 3.8) is 0 Å². The Bertz CT molecular complexity index is 969. The van der Waals surface area contributed by atoms with Crippen molar-refractivity contribution in [1.82, 2.24) is 14.5 Å². The number of rotatable bonds is 4. The summed E-state index contributed by atoms with van der Waals surface area (Å²) in [4.78, 5) is 33.2. The van der Waals surface area contributed by atoms with Gasteiger partial charge in [-0.05, 0) is 36.8 Å². The maximum absolute atomic E-state index is 12.9. The van der Waals surface area contributed by atoms with Crippen LogP contribution in [0.2, 0.25) is 0 Å². The lowest BCUT2D eigenvalue weighted by Gasteiger charge is -2.12. The summed E-state index contributed by atoms with van der Waals surface area (Å²) in [7, 11) is 1.33. The number of carbonyl (C=O) groups is 1. The van der Waals surface area contributed by atoms with Crippen molar-refractivity contribution in [2.75, 3.05) is 12.9 Å². The lowest BCUT2D eigenvalue weighted by molar-refractivity contribution is -0.137. The quantitative estimate of drug-likeness (QED) is 0.412. The highest BCUT2D eigenvalue weighted by molar-refractivity contribution is 7.99. The van der Waals surface area contributed by atoms with Crippen molar-refractivity contribution in [3.05, 3.63) is 58.5 Å². The van der Waals surface area contributed by atoms with Crippen LogP contribution in [0.25, 0.3) is 16.7 Å². The number of ether oxygens (including phenoxy) is 1.